The first kappa shape index (κ1) is 22.0. The lowest BCUT2D eigenvalue weighted by Gasteiger charge is -2.24. The Hall–Kier alpha value is -3.26. The molecule has 0 spiro atoms. The Balaban J connectivity index is 0.00000245. The van der Waals surface area contributed by atoms with Gasteiger partial charge in [-0.2, -0.15) is 4.98 Å². The summed E-state index contributed by atoms with van der Waals surface area (Å²) >= 11 is 12.1. The van der Waals surface area contributed by atoms with Gasteiger partial charge in [-0.05, 0) is 53.6 Å². The van der Waals surface area contributed by atoms with E-state index in [9.17, 15) is 4.79 Å². The maximum atomic E-state index is 12.3. The minimum absolute atomic E-state index is 0. The van der Waals surface area contributed by atoms with Crippen molar-refractivity contribution in [2.75, 3.05) is 10.6 Å². The van der Waals surface area contributed by atoms with Crippen LogP contribution in [0.1, 0.15) is 27.7 Å². The SMILES string of the molecule is Cl.O=C(Nc1nc2n(n1)C(c1ccc(Cl)cc1)C=C(c1ccc(Cl)cc1)N2)c1ccco1. The lowest BCUT2D eigenvalue weighted by atomic mass is 10.0. The minimum Gasteiger partial charge on any atom is -0.459 e. The molecule has 1 amide bonds. The number of amides is 1. The topological polar surface area (TPSA) is 85.0 Å². The first-order valence-electron chi connectivity index (χ1n) is 9.38. The smallest absolute Gasteiger partial charge is 0.293 e. The van der Waals surface area contributed by atoms with E-state index >= 15 is 0 Å². The number of carbonyl (C=O) groups excluding carboxylic acids is 1. The molecule has 7 nitrogen and oxygen atoms in total. The van der Waals surface area contributed by atoms with Gasteiger partial charge in [0.1, 0.15) is 6.04 Å². The average Bonchev–Trinajstić information content (AvgIpc) is 3.44. The van der Waals surface area contributed by atoms with Crippen LogP contribution in [-0.4, -0.2) is 20.7 Å². The van der Waals surface area contributed by atoms with E-state index in [0.717, 1.165) is 16.8 Å². The third kappa shape index (κ3) is 4.36. The van der Waals surface area contributed by atoms with Crippen LogP contribution in [0.25, 0.3) is 5.70 Å². The molecule has 0 aliphatic carbocycles. The van der Waals surface area contributed by atoms with Crippen LogP contribution in [-0.2, 0) is 0 Å². The summed E-state index contributed by atoms with van der Waals surface area (Å²) in [6, 6.07) is 18.0. The summed E-state index contributed by atoms with van der Waals surface area (Å²) in [5, 5.41) is 11.7. The monoisotopic (exact) mass is 487 g/mol. The molecule has 5 rings (SSSR count). The molecule has 2 aromatic heterocycles. The Kier molecular flexibility index (Phi) is 6.23. The molecule has 4 aromatic rings. The van der Waals surface area contributed by atoms with E-state index in [1.165, 1.54) is 6.26 Å². The Morgan fingerprint density at radius 3 is 2.38 bits per heavy atom. The third-order valence-electron chi connectivity index (χ3n) is 4.80. The first-order valence-corrected chi connectivity index (χ1v) is 10.1. The third-order valence-corrected chi connectivity index (χ3v) is 5.31. The van der Waals surface area contributed by atoms with Gasteiger partial charge in [0.15, 0.2) is 5.76 Å². The van der Waals surface area contributed by atoms with Crippen LogP contribution < -0.4 is 10.6 Å². The van der Waals surface area contributed by atoms with E-state index in [1.807, 2.05) is 54.6 Å². The van der Waals surface area contributed by atoms with Crippen LogP contribution in [0, 0.1) is 0 Å². The zero-order chi connectivity index (χ0) is 21.4. The van der Waals surface area contributed by atoms with Crippen molar-refractivity contribution >= 4 is 59.1 Å². The van der Waals surface area contributed by atoms with Gasteiger partial charge in [0.05, 0.1) is 6.26 Å². The first-order chi connectivity index (χ1) is 15.1. The van der Waals surface area contributed by atoms with Crippen molar-refractivity contribution in [1.29, 1.82) is 0 Å². The molecular formula is C22H16Cl3N5O2. The van der Waals surface area contributed by atoms with Gasteiger partial charge in [0.25, 0.3) is 11.9 Å². The highest BCUT2D eigenvalue weighted by Gasteiger charge is 2.26. The molecule has 2 N–H and O–H groups in total. The number of nitrogens with one attached hydrogen (secondary N) is 2. The fraction of sp³-hybridized carbons (Fsp3) is 0.0455. The number of carbonyl (C=O) groups is 1. The van der Waals surface area contributed by atoms with Gasteiger partial charge in [-0.25, -0.2) is 4.68 Å². The summed E-state index contributed by atoms with van der Waals surface area (Å²) in [6.07, 6.45) is 3.47. The van der Waals surface area contributed by atoms with E-state index in [-0.39, 0.29) is 30.2 Å². The van der Waals surface area contributed by atoms with E-state index in [0.29, 0.717) is 16.0 Å². The standard InChI is InChI=1S/C22H15Cl2N5O2.ClH/c23-15-7-3-13(4-8-15)17-12-18(14-5-9-16(24)10-6-14)29-22(25-17)27-21(28-29)26-20(30)19-2-1-11-31-19;/h1-12,18H,(H2,25,26,27,28,30);1H. The summed E-state index contributed by atoms with van der Waals surface area (Å²) in [4.78, 5) is 16.8. The average molecular weight is 489 g/mol. The molecule has 0 saturated carbocycles. The number of benzene rings is 2. The second-order valence-electron chi connectivity index (χ2n) is 6.84. The van der Waals surface area contributed by atoms with Crippen LogP contribution in [0.5, 0.6) is 0 Å². The quantitative estimate of drug-likeness (QED) is 0.373. The molecule has 0 bridgehead atoms. The molecule has 0 radical (unpaired) electrons. The van der Waals surface area contributed by atoms with Crippen LogP contribution in [0.3, 0.4) is 0 Å². The molecule has 162 valence electrons. The van der Waals surface area contributed by atoms with Gasteiger partial charge < -0.3 is 9.73 Å². The number of nitrogens with zero attached hydrogens (tertiary/aromatic N) is 3. The van der Waals surface area contributed by atoms with Crippen molar-refractivity contribution in [1.82, 2.24) is 14.8 Å². The molecule has 32 heavy (non-hydrogen) atoms. The van der Waals surface area contributed by atoms with E-state index in [2.05, 4.69) is 20.7 Å². The highest BCUT2D eigenvalue weighted by atomic mass is 35.5. The van der Waals surface area contributed by atoms with Crippen molar-refractivity contribution in [3.05, 3.63) is 99.9 Å². The van der Waals surface area contributed by atoms with E-state index in [4.69, 9.17) is 27.6 Å². The maximum absolute atomic E-state index is 12.3. The van der Waals surface area contributed by atoms with Gasteiger partial charge in [0, 0.05) is 15.7 Å². The number of rotatable bonds is 4. The number of fused-ring (bicyclic) bond motifs is 1. The molecule has 1 unspecified atom stereocenters. The second-order valence-corrected chi connectivity index (χ2v) is 7.72. The molecule has 1 atom stereocenters. The number of furan rings is 1. The van der Waals surface area contributed by atoms with Crippen LogP contribution in [0.4, 0.5) is 11.9 Å². The second kappa shape index (κ2) is 9.08. The zero-order valence-corrected chi connectivity index (χ0v) is 18.7. The number of hydrogen-bond donors (Lipinski definition) is 2. The number of aromatic nitrogens is 3. The predicted molar refractivity (Wildman–Crippen MR) is 127 cm³/mol. The Bertz CT molecular complexity index is 1270. The van der Waals surface area contributed by atoms with Gasteiger partial charge in [-0.3, -0.25) is 10.1 Å². The van der Waals surface area contributed by atoms with Crippen LogP contribution >= 0.6 is 35.6 Å². The molecule has 1 aliphatic rings. The fourth-order valence-corrected chi connectivity index (χ4v) is 3.56. The molecule has 2 aromatic carbocycles. The maximum Gasteiger partial charge on any atom is 0.293 e. The molecule has 3 heterocycles. The summed E-state index contributed by atoms with van der Waals surface area (Å²) in [5.74, 6) is 0.396. The van der Waals surface area contributed by atoms with Gasteiger partial charge >= 0.3 is 0 Å². The fourth-order valence-electron chi connectivity index (χ4n) is 3.31. The van der Waals surface area contributed by atoms with Crippen molar-refractivity contribution in [2.45, 2.75) is 6.04 Å². The molecule has 1 aliphatic heterocycles. The van der Waals surface area contributed by atoms with E-state index < -0.39 is 5.91 Å². The minimum atomic E-state index is -0.429. The molecule has 0 fully saturated rings. The van der Waals surface area contributed by atoms with Crippen molar-refractivity contribution in [3.63, 3.8) is 0 Å². The number of hydrogen-bond acceptors (Lipinski definition) is 5. The lowest BCUT2D eigenvalue weighted by Crippen LogP contribution is -2.20. The summed E-state index contributed by atoms with van der Waals surface area (Å²) in [5.41, 5.74) is 2.76. The Morgan fingerprint density at radius 1 is 1.03 bits per heavy atom. The van der Waals surface area contributed by atoms with E-state index in [1.54, 1.807) is 16.8 Å². The van der Waals surface area contributed by atoms with Crippen molar-refractivity contribution in [3.8, 4) is 0 Å². The van der Waals surface area contributed by atoms with Crippen LogP contribution in [0.2, 0.25) is 10.0 Å². The normalized spacial score (nSPS) is 14.6. The Morgan fingerprint density at radius 2 is 1.72 bits per heavy atom. The molecule has 10 heteroatoms. The molecular weight excluding hydrogens is 473 g/mol. The van der Waals surface area contributed by atoms with Crippen LogP contribution in [0.15, 0.2) is 77.4 Å². The summed E-state index contributed by atoms with van der Waals surface area (Å²) in [7, 11) is 0. The number of anilines is 2. The van der Waals surface area contributed by atoms with Crippen molar-refractivity contribution in [2.24, 2.45) is 0 Å². The highest BCUT2D eigenvalue weighted by molar-refractivity contribution is 6.30. The zero-order valence-electron chi connectivity index (χ0n) is 16.3. The van der Waals surface area contributed by atoms with Gasteiger partial charge in [-0.1, -0.05) is 47.5 Å². The lowest BCUT2D eigenvalue weighted by molar-refractivity contribution is 0.0996. The Labute approximate surface area is 199 Å². The summed E-state index contributed by atoms with van der Waals surface area (Å²) in [6.45, 7) is 0. The summed E-state index contributed by atoms with van der Waals surface area (Å²) < 4.78 is 6.84. The number of halogens is 3. The van der Waals surface area contributed by atoms with Gasteiger partial charge in [0.2, 0.25) is 5.95 Å². The number of allylic oxidation sites excluding steroid dienone is 1. The predicted octanol–water partition coefficient (Wildman–Crippen LogP) is 5.91. The molecule has 0 saturated heterocycles. The largest absolute Gasteiger partial charge is 0.459 e. The van der Waals surface area contributed by atoms with Gasteiger partial charge in [-0.15, -0.1) is 17.5 Å². The highest BCUT2D eigenvalue weighted by Crippen LogP contribution is 2.34. The van der Waals surface area contributed by atoms with Crippen molar-refractivity contribution < 1.29 is 9.21 Å².